The average molecular weight is 897 g/mol. The Labute approximate surface area is 387 Å². The summed E-state index contributed by atoms with van der Waals surface area (Å²) in [6.07, 6.45) is 64.4. The Balaban J connectivity index is 4.24. The molecule has 8 nitrogen and oxygen atoms in total. The first-order chi connectivity index (χ1) is 30.5. The molecule has 9 heteroatoms. The number of carbonyl (C=O) groups is 1. The maximum Gasteiger partial charge on any atom is 0.268 e. The third kappa shape index (κ3) is 47.0. The standard InChI is InChI=1S/C54H93N2O6P/c1-6-8-10-12-14-16-18-19-20-21-22-23-24-25-26-27-28-29-30-31-32-33-34-35-36-37-38-40-42-44-46-48-54(58)55-52(51-62-63(59,60)61-50-49-56(3,4)5)53(57)47-45-43-41-39-17-15-13-11-9-7-2/h8,10,14,16,19-20,22-23,25-26,28-29,31-32,34-35,45,47,52-53,57H,6-7,9,11-13,15,17-18,21,24,27,30,33,36-44,46,48-51H2,1-5H3,(H-,55,58,59,60)/b10-8-,16-14-,20-19-,23-22-,26-25-,29-28-,32-31-,35-34-,47-45+. The van der Waals surface area contributed by atoms with E-state index in [-0.39, 0.29) is 12.5 Å². The fraction of sp³-hybridized carbons (Fsp3) is 0.648. The third-order valence-corrected chi connectivity index (χ3v) is 11.2. The quantitative estimate of drug-likeness (QED) is 0.0273. The van der Waals surface area contributed by atoms with E-state index in [1.54, 1.807) is 6.08 Å². The van der Waals surface area contributed by atoms with E-state index in [4.69, 9.17) is 9.05 Å². The number of phosphoric acid groups is 1. The number of amides is 1. The lowest BCUT2D eigenvalue weighted by atomic mass is 10.1. The summed E-state index contributed by atoms with van der Waals surface area (Å²) in [4.78, 5) is 25.3. The molecule has 0 saturated carbocycles. The van der Waals surface area contributed by atoms with E-state index in [2.05, 4.69) is 116 Å². The monoisotopic (exact) mass is 897 g/mol. The summed E-state index contributed by atoms with van der Waals surface area (Å²) >= 11 is 0. The van der Waals surface area contributed by atoms with Crippen LogP contribution in [0.3, 0.4) is 0 Å². The summed E-state index contributed by atoms with van der Waals surface area (Å²) in [6.45, 7) is 4.47. The molecule has 63 heavy (non-hydrogen) atoms. The van der Waals surface area contributed by atoms with Crippen LogP contribution in [0.15, 0.2) is 109 Å². The number of phosphoric ester groups is 1. The Morgan fingerprint density at radius 1 is 0.571 bits per heavy atom. The molecule has 0 aromatic rings. The third-order valence-electron chi connectivity index (χ3n) is 10.2. The minimum Gasteiger partial charge on any atom is -0.756 e. The molecule has 3 atom stereocenters. The van der Waals surface area contributed by atoms with E-state index in [1.807, 2.05) is 27.2 Å². The number of hydrogen-bond donors (Lipinski definition) is 2. The first kappa shape index (κ1) is 60.2. The average Bonchev–Trinajstić information content (AvgIpc) is 3.24. The summed E-state index contributed by atoms with van der Waals surface area (Å²) < 4.78 is 23.2. The Morgan fingerprint density at radius 2 is 0.968 bits per heavy atom. The van der Waals surface area contributed by atoms with E-state index >= 15 is 0 Å². The second-order valence-corrected chi connectivity index (χ2v) is 18.8. The molecule has 0 bridgehead atoms. The second kappa shape index (κ2) is 44.4. The normalized spacial score (nSPS) is 15.1. The highest BCUT2D eigenvalue weighted by molar-refractivity contribution is 7.45. The molecule has 2 N–H and O–H groups in total. The zero-order valence-electron chi connectivity index (χ0n) is 40.7. The summed E-state index contributed by atoms with van der Waals surface area (Å²) in [5.74, 6) is -0.220. The molecule has 0 aliphatic rings. The van der Waals surface area contributed by atoms with Crippen molar-refractivity contribution in [3.05, 3.63) is 109 Å². The maximum absolute atomic E-state index is 12.9. The summed E-state index contributed by atoms with van der Waals surface area (Å²) in [5.41, 5.74) is 0. The van der Waals surface area contributed by atoms with Gasteiger partial charge < -0.3 is 28.8 Å². The molecule has 360 valence electrons. The van der Waals surface area contributed by atoms with Crippen molar-refractivity contribution in [2.45, 2.75) is 187 Å². The van der Waals surface area contributed by atoms with Gasteiger partial charge in [-0.1, -0.05) is 194 Å². The molecule has 0 aliphatic carbocycles. The topological polar surface area (TPSA) is 108 Å². The summed E-state index contributed by atoms with van der Waals surface area (Å²) in [5, 5.41) is 13.7. The van der Waals surface area contributed by atoms with Gasteiger partial charge in [0.15, 0.2) is 0 Å². The number of nitrogens with zero attached hydrogens (tertiary/aromatic N) is 1. The van der Waals surface area contributed by atoms with E-state index < -0.39 is 26.6 Å². The first-order valence-corrected chi connectivity index (χ1v) is 26.2. The van der Waals surface area contributed by atoms with Crippen molar-refractivity contribution >= 4 is 13.7 Å². The van der Waals surface area contributed by atoms with Gasteiger partial charge in [0, 0.05) is 6.42 Å². The molecule has 0 fully saturated rings. The number of aliphatic hydroxyl groups excluding tert-OH is 1. The highest BCUT2D eigenvalue weighted by Gasteiger charge is 2.23. The van der Waals surface area contributed by atoms with Gasteiger partial charge in [0.2, 0.25) is 5.91 Å². The molecule has 0 aliphatic heterocycles. The van der Waals surface area contributed by atoms with Crippen LogP contribution in [0.2, 0.25) is 0 Å². The number of rotatable bonds is 43. The predicted octanol–water partition coefficient (Wildman–Crippen LogP) is 13.8. The minimum atomic E-state index is -4.60. The molecule has 0 aromatic heterocycles. The van der Waals surface area contributed by atoms with Gasteiger partial charge in [0.1, 0.15) is 13.2 Å². The molecule has 3 unspecified atom stereocenters. The molecule has 0 aromatic carbocycles. The maximum atomic E-state index is 12.9. The van der Waals surface area contributed by atoms with Gasteiger partial charge in [0.05, 0.1) is 39.9 Å². The number of hydrogen-bond acceptors (Lipinski definition) is 6. The van der Waals surface area contributed by atoms with Gasteiger partial charge in [0.25, 0.3) is 7.82 Å². The molecule has 0 spiro atoms. The van der Waals surface area contributed by atoms with Crippen molar-refractivity contribution < 1.29 is 32.9 Å². The largest absolute Gasteiger partial charge is 0.756 e. The second-order valence-electron chi connectivity index (χ2n) is 17.4. The Kier molecular flexibility index (Phi) is 42.4. The molecular weight excluding hydrogens is 804 g/mol. The van der Waals surface area contributed by atoms with Crippen molar-refractivity contribution in [1.29, 1.82) is 0 Å². The number of carbonyl (C=O) groups excluding carboxylic acids is 1. The van der Waals surface area contributed by atoms with Gasteiger partial charge in [-0.2, -0.15) is 0 Å². The van der Waals surface area contributed by atoms with Crippen molar-refractivity contribution in [2.75, 3.05) is 40.9 Å². The van der Waals surface area contributed by atoms with E-state index in [1.165, 1.54) is 38.5 Å². The van der Waals surface area contributed by atoms with Crippen molar-refractivity contribution in [3.8, 4) is 0 Å². The fourth-order valence-corrected chi connectivity index (χ4v) is 7.07. The Bertz CT molecular complexity index is 1390. The number of nitrogens with one attached hydrogen (secondary N) is 1. The van der Waals surface area contributed by atoms with E-state index in [0.717, 1.165) is 116 Å². The van der Waals surface area contributed by atoms with Gasteiger partial charge in [-0.15, -0.1) is 0 Å². The minimum absolute atomic E-state index is 0.0104. The lowest BCUT2D eigenvalue weighted by Gasteiger charge is -2.29. The summed E-state index contributed by atoms with van der Waals surface area (Å²) in [6, 6.07) is -0.900. The Morgan fingerprint density at radius 3 is 1.41 bits per heavy atom. The van der Waals surface area contributed by atoms with Gasteiger partial charge in [-0.3, -0.25) is 9.36 Å². The first-order valence-electron chi connectivity index (χ1n) is 24.7. The fourth-order valence-electron chi connectivity index (χ4n) is 6.34. The van der Waals surface area contributed by atoms with E-state index in [0.29, 0.717) is 17.4 Å². The predicted molar refractivity (Wildman–Crippen MR) is 269 cm³/mol. The molecule has 1 amide bonds. The molecule has 0 saturated heterocycles. The van der Waals surface area contributed by atoms with Crippen LogP contribution >= 0.6 is 7.82 Å². The van der Waals surface area contributed by atoms with Crippen LogP contribution < -0.4 is 10.2 Å². The molecule has 0 radical (unpaired) electrons. The van der Waals surface area contributed by atoms with Crippen LogP contribution in [-0.4, -0.2) is 68.5 Å². The van der Waals surface area contributed by atoms with Crippen LogP contribution in [0.4, 0.5) is 0 Å². The highest BCUT2D eigenvalue weighted by atomic mass is 31.2. The Hall–Kier alpha value is -2.84. The van der Waals surface area contributed by atoms with Crippen molar-refractivity contribution in [3.63, 3.8) is 0 Å². The highest BCUT2D eigenvalue weighted by Crippen LogP contribution is 2.38. The molecule has 0 heterocycles. The smallest absolute Gasteiger partial charge is 0.268 e. The SMILES string of the molecule is CC/C=C\C/C=C\C/C=C\C/C=C\C/C=C\C/C=C\C/C=C\C/C=C\CCCCCCCCC(=O)NC(COP(=O)([O-])OCC[N+](C)(C)C)C(O)/C=C/CCCCCCCCCC. The number of allylic oxidation sites excluding steroid dienone is 17. The molecular formula is C54H93N2O6P. The van der Waals surface area contributed by atoms with Crippen LogP contribution in [0.5, 0.6) is 0 Å². The lowest BCUT2D eigenvalue weighted by Crippen LogP contribution is -2.45. The van der Waals surface area contributed by atoms with E-state index in [9.17, 15) is 19.4 Å². The zero-order chi connectivity index (χ0) is 46.4. The van der Waals surface area contributed by atoms with Crippen molar-refractivity contribution in [2.24, 2.45) is 0 Å². The van der Waals surface area contributed by atoms with Gasteiger partial charge in [-0.25, -0.2) is 0 Å². The molecule has 0 rings (SSSR count). The van der Waals surface area contributed by atoms with Gasteiger partial charge in [-0.05, 0) is 83.5 Å². The number of likely N-dealkylation sites (N-methyl/N-ethyl adjacent to an activating group) is 1. The lowest BCUT2D eigenvalue weighted by molar-refractivity contribution is -0.870. The van der Waals surface area contributed by atoms with Crippen LogP contribution in [0.25, 0.3) is 0 Å². The van der Waals surface area contributed by atoms with Crippen molar-refractivity contribution in [1.82, 2.24) is 5.32 Å². The van der Waals surface area contributed by atoms with Gasteiger partial charge >= 0.3 is 0 Å². The zero-order valence-corrected chi connectivity index (χ0v) is 41.6. The summed E-state index contributed by atoms with van der Waals surface area (Å²) in [7, 11) is 1.23. The number of aliphatic hydroxyl groups is 1. The number of quaternary nitrogens is 1. The van der Waals surface area contributed by atoms with Crippen LogP contribution in [0, 0.1) is 0 Å². The number of unbranched alkanes of at least 4 members (excludes halogenated alkanes) is 14. The van der Waals surface area contributed by atoms with Crippen LogP contribution in [0.1, 0.15) is 174 Å². The van der Waals surface area contributed by atoms with Crippen LogP contribution in [-0.2, 0) is 18.4 Å².